The van der Waals surface area contributed by atoms with E-state index in [-0.39, 0.29) is 17.9 Å². The van der Waals surface area contributed by atoms with Gasteiger partial charge in [-0.15, -0.1) is 0 Å². The van der Waals surface area contributed by atoms with Crippen LogP contribution in [0, 0.1) is 0 Å². The van der Waals surface area contributed by atoms with Crippen LogP contribution in [0.25, 0.3) is 22.3 Å². The molecule has 1 aromatic carbocycles. The Labute approximate surface area is 250 Å². The lowest BCUT2D eigenvalue weighted by atomic mass is 10.1. The van der Waals surface area contributed by atoms with E-state index in [1.54, 1.807) is 6.92 Å². The van der Waals surface area contributed by atoms with Crippen molar-refractivity contribution >= 4 is 29.3 Å². The molecule has 1 aliphatic heterocycles. The third kappa shape index (κ3) is 8.63. The van der Waals surface area contributed by atoms with E-state index in [2.05, 4.69) is 46.0 Å². The average molecular weight is 623 g/mol. The van der Waals surface area contributed by atoms with Crippen molar-refractivity contribution in [1.29, 1.82) is 0 Å². The maximum absolute atomic E-state index is 11.2. The van der Waals surface area contributed by atoms with Crippen molar-refractivity contribution in [3.63, 3.8) is 0 Å². The summed E-state index contributed by atoms with van der Waals surface area (Å²) in [4.78, 5) is 0. The number of rotatable bonds is 14. The van der Waals surface area contributed by atoms with Gasteiger partial charge >= 0.3 is 0 Å². The predicted molar refractivity (Wildman–Crippen MR) is 165 cm³/mol. The third-order valence-corrected chi connectivity index (χ3v) is 12.7. The van der Waals surface area contributed by atoms with Crippen LogP contribution in [0.5, 0.6) is 5.75 Å². The van der Waals surface area contributed by atoms with Gasteiger partial charge < -0.3 is 18.6 Å². The summed E-state index contributed by atoms with van der Waals surface area (Å²) in [5.74, 6) is 0.854. The van der Waals surface area contributed by atoms with E-state index in [0.29, 0.717) is 26.4 Å². The first-order valence-electron chi connectivity index (χ1n) is 14.6. The third-order valence-electron chi connectivity index (χ3n) is 7.70. The highest BCUT2D eigenvalue weighted by Gasteiger charge is 2.39. The van der Waals surface area contributed by atoms with Crippen LogP contribution < -0.4 is 4.43 Å². The Bertz CT molecular complexity index is 1430. The van der Waals surface area contributed by atoms with Crippen molar-refractivity contribution in [2.45, 2.75) is 84.0 Å². The van der Waals surface area contributed by atoms with Gasteiger partial charge in [0.1, 0.15) is 17.1 Å². The number of hydrogen-bond acceptors (Lipinski definition) is 9. The van der Waals surface area contributed by atoms with Gasteiger partial charge in [0.15, 0.2) is 6.23 Å². The van der Waals surface area contributed by atoms with Gasteiger partial charge in [-0.1, -0.05) is 20.8 Å². The minimum atomic E-state index is -3.49. The minimum absolute atomic E-state index is 0.0863. The first-order valence-corrected chi connectivity index (χ1v) is 19.4. The molecule has 0 saturated carbocycles. The largest absolute Gasteiger partial charge is 0.543 e. The van der Waals surface area contributed by atoms with Crippen molar-refractivity contribution in [3.05, 3.63) is 30.5 Å². The monoisotopic (exact) mass is 622 g/mol. The number of nitrogens with zero attached hydrogens (tertiary/aromatic N) is 4. The Balaban J connectivity index is 1.43. The van der Waals surface area contributed by atoms with E-state index in [4.69, 9.17) is 33.0 Å². The second-order valence-corrected chi connectivity index (χ2v) is 18.7. The van der Waals surface area contributed by atoms with Crippen LogP contribution >= 0.6 is 0 Å². The molecule has 0 amide bonds. The molecule has 0 spiro atoms. The molecule has 42 heavy (non-hydrogen) atoms. The first kappa shape index (κ1) is 32.6. The second kappa shape index (κ2) is 13.6. The molecule has 1 unspecified atom stereocenters. The van der Waals surface area contributed by atoms with Crippen LogP contribution in [0.15, 0.2) is 30.5 Å². The fraction of sp³-hybridized carbons (Fsp3) is 0.655. The maximum Gasteiger partial charge on any atom is 0.264 e. The van der Waals surface area contributed by atoms with Gasteiger partial charge in [-0.05, 0) is 68.6 Å². The fourth-order valence-corrected chi connectivity index (χ4v) is 6.20. The summed E-state index contributed by atoms with van der Waals surface area (Å²) < 4.78 is 54.9. The summed E-state index contributed by atoms with van der Waals surface area (Å²) in [7, 11) is -5.51. The Hall–Kier alpha value is -2.29. The number of fused-ring (bicyclic) bond motifs is 1. The van der Waals surface area contributed by atoms with Crippen LogP contribution in [-0.4, -0.2) is 81.7 Å². The molecule has 1 fully saturated rings. The van der Waals surface area contributed by atoms with Crippen LogP contribution in [0.4, 0.5) is 0 Å². The van der Waals surface area contributed by atoms with Crippen LogP contribution in [-0.2, 0) is 35.1 Å². The molecule has 2 atom stereocenters. The molecule has 2 aromatic heterocycles. The van der Waals surface area contributed by atoms with E-state index >= 15 is 0 Å². The van der Waals surface area contributed by atoms with E-state index < -0.39 is 24.5 Å². The molecular weight excluding hydrogens is 576 g/mol. The van der Waals surface area contributed by atoms with E-state index in [1.807, 2.05) is 27.7 Å². The molecule has 1 aliphatic rings. The number of benzene rings is 1. The van der Waals surface area contributed by atoms with Gasteiger partial charge in [-0.2, -0.15) is 18.6 Å². The normalized spacial score (nSPS) is 17.5. The average Bonchev–Trinajstić information content (AvgIpc) is 3.51. The Morgan fingerprint density at radius 3 is 2.55 bits per heavy atom. The molecule has 13 heteroatoms. The lowest BCUT2D eigenvalue weighted by Crippen LogP contribution is -2.43. The SMILES string of the molecule is C[C@H](COCCOCCn1ccc(-c2nn(C3CCCCO3)c3ccc(O[Si](C)(C)C(C)(C)C)cc23)n1)OS(C)(=O)=O. The van der Waals surface area contributed by atoms with Gasteiger partial charge in [0.25, 0.3) is 10.1 Å². The summed E-state index contributed by atoms with van der Waals surface area (Å²) in [6, 6.07) is 8.21. The highest BCUT2D eigenvalue weighted by Crippen LogP contribution is 2.39. The van der Waals surface area contributed by atoms with Crippen molar-refractivity contribution in [2.24, 2.45) is 0 Å². The molecule has 4 rings (SSSR count). The van der Waals surface area contributed by atoms with E-state index in [1.165, 1.54) is 0 Å². The van der Waals surface area contributed by atoms with Gasteiger partial charge in [0.05, 0.1) is 50.8 Å². The van der Waals surface area contributed by atoms with Gasteiger partial charge in [-0.3, -0.25) is 8.86 Å². The highest BCUT2D eigenvalue weighted by atomic mass is 32.2. The molecule has 1 saturated heterocycles. The van der Waals surface area contributed by atoms with Crippen molar-refractivity contribution in [3.8, 4) is 17.1 Å². The lowest BCUT2D eigenvalue weighted by molar-refractivity contribution is -0.0365. The summed E-state index contributed by atoms with van der Waals surface area (Å²) in [6.45, 7) is 15.5. The minimum Gasteiger partial charge on any atom is -0.543 e. The summed E-state index contributed by atoms with van der Waals surface area (Å²) >= 11 is 0. The molecule has 0 bridgehead atoms. The maximum atomic E-state index is 11.2. The second-order valence-electron chi connectivity index (χ2n) is 12.4. The smallest absolute Gasteiger partial charge is 0.264 e. The lowest BCUT2D eigenvalue weighted by Gasteiger charge is -2.36. The van der Waals surface area contributed by atoms with Crippen molar-refractivity contribution in [2.75, 3.05) is 39.3 Å². The van der Waals surface area contributed by atoms with Gasteiger partial charge in [0.2, 0.25) is 8.32 Å². The van der Waals surface area contributed by atoms with Crippen LogP contribution in [0.3, 0.4) is 0 Å². The van der Waals surface area contributed by atoms with Crippen molar-refractivity contribution in [1.82, 2.24) is 19.6 Å². The van der Waals surface area contributed by atoms with Crippen LogP contribution in [0.1, 0.15) is 53.2 Å². The molecule has 0 aliphatic carbocycles. The predicted octanol–water partition coefficient (Wildman–Crippen LogP) is 5.38. The molecular formula is C29H46N4O7SSi. The van der Waals surface area contributed by atoms with Gasteiger partial charge in [0, 0.05) is 18.2 Å². The Morgan fingerprint density at radius 1 is 1.10 bits per heavy atom. The molecule has 0 N–H and O–H groups in total. The van der Waals surface area contributed by atoms with E-state index in [0.717, 1.165) is 60.2 Å². The fourth-order valence-electron chi connectivity index (χ4n) is 4.52. The Morgan fingerprint density at radius 2 is 1.86 bits per heavy atom. The van der Waals surface area contributed by atoms with Gasteiger partial charge in [-0.25, -0.2) is 4.68 Å². The van der Waals surface area contributed by atoms with E-state index in [9.17, 15) is 8.42 Å². The number of aromatic nitrogens is 4. The standard InChI is InChI=1S/C29H46N4O7SSi/c1-22(39-41(5,34)35)21-37-19-18-36-17-15-32-14-13-25(30-32)28-24-20-23(40-42(6,7)29(2,3)4)11-12-26(24)33(31-28)27-10-8-9-16-38-27/h11-14,20,22,27H,8-10,15-19,21H2,1-7H3/t22-,27?/m1/s1. The zero-order valence-corrected chi connectivity index (χ0v) is 27.8. The summed E-state index contributed by atoms with van der Waals surface area (Å²) in [5, 5.41) is 10.9. The highest BCUT2D eigenvalue weighted by molar-refractivity contribution is 7.86. The molecule has 3 heterocycles. The van der Waals surface area contributed by atoms with Crippen LogP contribution in [0.2, 0.25) is 18.1 Å². The summed E-state index contributed by atoms with van der Waals surface area (Å²) in [6.07, 6.45) is 5.43. The number of hydrogen-bond donors (Lipinski definition) is 0. The molecule has 0 radical (unpaired) electrons. The zero-order valence-electron chi connectivity index (χ0n) is 26.0. The quantitative estimate of drug-likeness (QED) is 0.133. The number of ether oxygens (including phenoxy) is 3. The molecule has 11 nitrogen and oxygen atoms in total. The first-order chi connectivity index (χ1) is 19.7. The van der Waals surface area contributed by atoms with Crippen molar-refractivity contribution < 1.29 is 31.2 Å². The molecule has 234 valence electrons. The topological polar surface area (TPSA) is 116 Å². The summed E-state index contributed by atoms with van der Waals surface area (Å²) in [5.41, 5.74) is 2.59. The molecule has 3 aromatic rings. The Kier molecular flexibility index (Phi) is 10.5. The zero-order chi connectivity index (χ0) is 30.5.